The third kappa shape index (κ3) is 4.99. The molecule has 2 N–H and O–H groups in total. The molecule has 1 saturated heterocycles. The first-order valence-electron chi connectivity index (χ1n) is 9.53. The van der Waals surface area contributed by atoms with Gasteiger partial charge in [-0.3, -0.25) is 19.7 Å². The van der Waals surface area contributed by atoms with E-state index >= 15 is 0 Å². The average molecular weight is 374 g/mol. The van der Waals surface area contributed by atoms with Gasteiger partial charge in [0.1, 0.15) is 0 Å². The second-order valence-corrected chi connectivity index (χ2v) is 7.08. The number of carbonyl (C=O) groups is 3. The van der Waals surface area contributed by atoms with Gasteiger partial charge in [0.15, 0.2) is 11.5 Å². The number of amides is 3. The van der Waals surface area contributed by atoms with Crippen LogP contribution in [0.4, 0.5) is 0 Å². The summed E-state index contributed by atoms with van der Waals surface area (Å²) in [4.78, 5) is 35.4. The third-order valence-electron chi connectivity index (χ3n) is 5.15. The molecule has 3 amide bonds. The molecule has 2 fully saturated rings. The highest BCUT2D eigenvalue weighted by atomic mass is 16.5. The Labute approximate surface area is 158 Å². The second-order valence-electron chi connectivity index (χ2n) is 7.08. The SMILES string of the molecule is COc1ccc(C(=O)NCC[C@@H]2CCC(=O)NC2=O)cc1OC1CCCC1. The van der Waals surface area contributed by atoms with E-state index in [9.17, 15) is 14.4 Å². The first-order chi connectivity index (χ1) is 13.1. The lowest BCUT2D eigenvalue weighted by Gasteiger charge is -2.20. The van der Waals surface area contributed by atoms with Crippen molar-refractivity contribution in [3.63, 3.8) is 0 Å². The minimum Gasteiger partial charge on any atom is -0.493 e. The maximum Gasteiger partial charge on any atom is 0.251 e. The summed E-state index contributed by atoms with van der Waals surface area (Å²) in [6, 6.07) is 5.14. The summed E-state index contributed by atoms with van der Waals surface area (Å²) in [7, 11) is 1.58. The van der Waals surface area contributed by atoms with Crippen LogP contribution in [0.5, 0.6) is 11.5 Å². The number of methoxy groups -OCH3 is 1. The number of ether oxygens (including phenoxy) is 2. The van der Waals surface area contributed by atoms with Gasteiger partial charge < -0.3 is 14.8 Å². The van der Waals surface area contributed by atoms with Gasteiger partial charge in [0.05, 0.1) is 13.2 Å². The molecule has 3 rings (SSSR count). The Morgan fingerprint density at radius 2 is 1.96 bits per heavy atom. The number of rotatable bonds is 7. The molecule has 0 bridgehead atoms. The molecular weight excluding hydrogens is 348 g/mol. The third-order valence-corrected chi connectivity index (χ3v) is 5.15. The number of carbonyl (C=O) groups excluding carboxylic acids is 3. The number of benzene rings is 1. The van der Waals surface area contributed by atoms with Gasteiger partial charge in [0, 0.05) is 24.4 Å². The van der Waals surface area contributed by atoms with E-state index in [1.165, 1.54) is 0 Å². The van der Waals surface area contributed by atoms with Crippen LogP contribution in [-0.4, -0.2) is 37.5 Å². The van der Waals surface area contributed by atoms with Crippen LogP contribution in [-0.2, 0) is 9.59 Å². The molecule has 7 nitrogen and oxygen atoms in total. The van der Waals surface area contributed by atoms with Crippen molar-refractivity contribution in [2.24, 2.45) is 5.92 Å². The number of hydrogen-bond donors (Lipinski definition) is 2. The van der Waals surface area contributed by atoms with Crippen LogP contribution in [0.15, 0.2) is 18.2 Å². The van der Waals surface area contributed by atoms with Crippen molar-refractivity contribution >= 4 is 17.7 Å². The monoisotopic (exact) mass is 374 g/mol. The highest BCUT2D eigenvalue weighted by molar-refractivity contribution is 5.98. The van der Waals surface area contributed by atoms with Crippen LogP contribution in [0, 0.1) is 5.92 Å². The Morgan fingerprint density at radius 1 is 1.19 bits per heavy atom. The lowest BCUT2D eigenvalue weighted by atomic mass is 9.95. The van der Waals surface area contributed by atoms with E-state index < -0.39 is 0 Å². The number of imide groups is 1. The Hall–Kier alpha value is -2.57. The molecule has 146 valence electrons. The van der Waals surface area contributed by atoms with Crippen LogP contribution < -0.4 is 20.1 Å². The fourth-order valence-corrected chi connectivity index (χ4v) is 3.57. The molecule has 0 spiro atoms. The summed E-state index contributed by atoms with van der Waals surface area (Å²) in [5.41, 5.74) is 0.493. The van der Waals surface area contributed by atoms with Crippen molar-refractivity contribution < 1.29 is 23.9 Å². The summed E-state index contributed by atoms with van der Waals surface area (Å²) in [6.45, 7) is 0.371. The summed E-state index contributed by atoms with van der Waals surface area (Å²) in [5, 5.41) is 5.17. The molecule has 1 aromatic carbocycles. The summed E-state index contributed by atoms with van der Waals surface area (Å²) in [5.74, 6) is 0.260. The Bertz CT molecular complexity index is 712. The van der Waals surface area contributed by atoms with Crippen molar-refractivity contribution in [1.82, 2.24) is 10.6 Å². The number of piperidine rings is 1. The average Bonchev–Trinajstić information content (AvgIpc) is 3.16. The van der Waals surface area contributed by atoms with Crippen LogP contribution >= 0.6 is 0 Å². The number of hydrogen-bond acceptors (Lipinski definition) is 5. The van der Waals surface area contributed by atoms with Crippen molar-refractivity contribution in [1.29, 1.82) is 0 Å². The smallest absolute Gasteiger partial charge is 0.251 e. The van der Waals surface area contributed by atoms with Crippen LogP contribution in [0.3, 0.4) is 0 Å². The van der Waals surface area contributed by atoms with E-state index in [4.69, 9.17) is 9.47 Å². The van der Waals surface area contributed by atoms with Crippen LogP contribution in [0.25, 0.3) is 0 Å². The van der Waals surface area contributed by atoms with E-state index in [0.29, 0.717) is 42.9 Å². The van der Waals surface area contributed by atoms with Gasteiger partial charge in [-0.15, -0.1) is 0 Å². The van der Waals surface area contributed by atoms with Crippen molar-refractivity contribution in [3.05, 3.63) is 23.8 Å². The molecule has 7 heteroatoms. The zero-order chi connectivity index (χ0) is 19.2. The molecule has 1 saturated carbocycles. The number of nitrogens with one attached hydrogen (secondary N) is 2. The Kier molecular flexibility index (Phi) is 6.32. The first kappa shape index (κ1) is 19.2. The molecule has 1 aromatic rings. The van der Waals surface area contributed by atoms with Crippen LogP contribution in [0.1, 0.15) is 55.3 Å². The quantitative estimate of drug-likeness (QED) is 0.714. The fourth-order valence-electron chi connectivity index (χ4n) is 3.57. The molecule has 27 heavy (non-hydrogen) atoms. The normalized spacial score (nSPS) is 20.3. The van der Waals surface area contributed by atoms with Gasteiger partial charge in [-0.25, -0.2) is 0 Å². The van der Waals surface area contributed by atoms with E-state index in [-0.39, 0.29) is 29.7 Å². The molecule has 1 heterocycles. The maximum absolute atomic E-state index is 12.4. The summed E-state index contributed by atoms with van der Waals surface area (Å²) >= 11 is 0. The van der Waals surface area contributed by atoms with Crippen LogP contribution in [0.2, 0.25) is 0 Å². The standard InChI is InChI=1S/C20H26N2O5/c1-26-16-8-6-14(12-17(16)27-15-4-2-3-5-15)19(24)21-11-10-13-7-9-18(23)22-20(13)25/h6,8,12-13,15H,2-5,7,9-11H2,1H3,(H,21,24)(H,22,23,25)/t13-/m0/s1. The van der Waals surface area contributed by atoms with Gasteiger partial charge in [-0.1, -0.05) is 0 Å². The minimum atomic E-state index is -0.253. The molecule has 0 unspecified atom stereocenters. The molecule has 0 aromatic heterocycles. The Morgan fingerprint density at radius 3 is 2.67 bits per heavy atom. The molecule has 1 atom stereocenters. The summed E-state index contributed by atoms with van der Waals surface area (Å²) in [6.07, 6.45) is 5.92. The van der Waals surface area contributed by atoms with E-state index in [1.54, 1.807) is 25.3 Å². The van der Waals surface area contributed by atoms with Gasteiger partial charge in [-0.05, 0) is 56.7 Å². The van der Waals surface area contributed by atoms with Crippen molar-refractivity contribution in [2.75, 3.05) is 13.7 Å². The van der Waals surface area contributed by atoms with Gasteiger partial charge in [-0.2, -0.15) is 0 Å². The van der Waals surface area contributed by atoms with E-state index in [2.05, 4.69) is 10.6 Å². The first-order valence-corrected chi connectivity index (χ1v) is 9.53. The topological polar surface area (TPSA) is 93.7 Å². The van der Waals surface area contributed by atoms with Crippen molar-refractivity contribution in [3.8, 4) is 11.5 Å². The largest absolute Gasteiger partial charge is 0.493 e. The molecule has 1 aliphatic carbocycles. The second kappa shape index (κ2) is 8.88. The highest BCUT2D eigenvalue weighted by Crippen LogP contribution is 2.32. The van der Waals surface area contributed by atoms with E-state index in [1.807, 2.05) is 0 Å². The zero-order valence-electron chi connectivity index (χ0n) is 15.6. The van der Waals surface area contributed by atoms with Gasteiger partial charge in [0.25, 0.3) is 5.91 Å². The van der Waals surface area contributed by atoms with Gasteiger partial charge in [0.2, 0.25) is 11.8 Å². The van der Waals surface area contributed by atoms with E-state index in [0.717, 1.165) is 25.7 Å². The zero-order valence-corrected chi connectivity index (χ0v) is 15.6. The lowest BCUT2D eigenvalue weighted by molar-refractivity contribution is -0.136. The minimum absolute atomic E-state index is 0.171. The summed E-state index contributed by atoms with van der Waals surface area (Å²) < 4.78 is 11.4. The molecule has 1 aliphatic heterocycles. The lowest BCUT2D eigenvalue weighted by Crippen LogP contribution is -2.41. The fraction of sp³-hybridized carbons (Fsp3) is 0.550. The highest BCUT2D eigenvalue weighted by Gasteiger charge is 2.26. The van der Waals surface area contributed by atoms with Gasteiger partial charge >= 0.3 is 0 Å². The predicted octanol–water partition coefficient (Wildman–Crippen LogP) is 2.19. The molecular formula is C20H26N2O5. The molecule has 2 aliphatic rings. The maximum atomic E-state index is 12.4. The predicted molar refractivity (Wildman–Crippen MR) is 98.7 cm³/mol. The molecule has 0 radical (unpaired) electrons. The Balaban J connectivity index is 1.55. The van der Waals surface area contributed by atoms with Crippen molar-refractivity contribution in [2.45, 2.75) is 51.0 Å².